The van der Waals surface area contributed by atoms with Gasteiger partial charge >= 0.3 is 5.97 Å². The van der Waals surface area contributed by atoms with Crippen LogP contribution in [0.1, 0.15) is 31.4 Å². The molecule has 2 aromatic rings. The van der Waals surface area contributed by atoms with E-state index in [-0.39, 0.29) is 25.7 Å². The van der Waals surface area contributed by atoms with Crippen molar-refractivity contribution >= 4 is 11.7 Å². The number of aliphatic carboxylic acids is 1. The molecular formula is C24H31NO6. The van der Waals surface area contributed by atoms with Crippen LogP contribution in [0.5, 0.6) is 11.5 Å². The monoisotopic (exact) mass is 429 g/mol. The number of para-hydroxylation sites is 1. The minimum Gasteiger partial charge on any atom is -0.491 e. The van der Waals surface area contributed by atoms with E-state index in [1.54, 1.807) is 32.0 Å². The van der Waals surface area contributed by atoms with Crippen molar-refractivity contribution in [3.8, 4) is 11.5 Å². The number of anilines is 1. The number of benzene rings is 2. The van der Waals surface area contributed by atoms with Gasteiger partial charge in [-0.2, -0.15) is 0 Å². The van der Waals surface area contributed by atoms with Crippen molar-refractivity contribution in [2.75, 3.05) is 25.1 Å². The Balaban J connectivity index is 1.51. The molecule has 0 saturated heterocycles. The molecule has 31 heavy (non-hydrogen) atoms. The van der Waals surface area contributed by atoms with E-state index in [2.05, 4.69) is 11.4 Å². The molecule has 0 aromatic heterocycles. The van der Waals surface area contributed by atoms with Crippen LogP contribution >= 0.6 is 0 Å². The van der Waals surface area contributed by atoms with Gasteiger partial charge in [0.25, 0.3) is 0 Å². The fraction of sp³-hybridized carbons (Fsp3) is 0.458. The molecule has 0 saturated carbocycles. The summed E-state index contributed by atoms with van der Waals surface area (Å²) in [5, 5.41) is 23.0. The molecular weight excluding hydrogens is 398 g/mol. The molecule has 0 fully saturated rings. The number of carboxylic acid groups (broad SMARTS) is 1. The summed E-state index contributed by atoms with van der Waals surface area (Å²) in [6.07, 6.45) is 0.456. The second-order valence-corrected chi connectivity index (χ2v) is 7.96. The molecule has 0 spiro atoms. The molecule has 0 radical (unpaired) electrons. The average Bonchev–Trinajstić information content (AvgIpc) is 2.75. The van der Waals surface area contributed by atoms with Crippen molar-refractivity contribution < 1.29 is 29.2 Å². The van der Waals surface area contributed by atoms with Crippen LogP contribution in [0.25, 0.3) is 0 Å². The maximum Gasteiger partial charge on any atom is 0.333 e. The summed E-state index contributed by atoms with van der Waals surface area (Å²) in [7, 11) is 0. The number of ether oxygens (including phenoxy) is 3. The smallest absolute Gasteiger partial charge is 0.333 e. The molecule has 0 bridgehead atoms. The third-order valence-electron chi connectivity index (χ3n) is 4.94. The summed E-state index contributed by atoms with van der Waals surface area (Å²) in [5.74, 6) is 0.303. The van der Waals surface area contributed by atoms with Gasteiger partial charge in [0.2, 0.25) is 0 Å². The number of hydrogen-bond acceptors (Lipinski definition) is 6. The van der Waals surface area contributed by atoms with Crippen LogP contribution < -0.4 is 14.8 Å². The van der Waals surface area contributed by atoms with Crippen molar-refractivity contribution in [2.24, 2.45) is 0 Å². The number of nitrogens with one attached hydrogen (secondary N) is 1. The molecule has 1 aliphatic heterocycles. The molecule has 3 rings (SSSR count). The zero-order valence-corrected chi connectivity index (χ0v) is 18.0. The highest BCUT2D eigenvalue weighted by Gasteiger charge is 2.20. The topological polar surface area (TPSA) is 97.3 Å². The van der Waals surface area contributed by atoms with Crippen molar-refractivity contribution in [3.63, 3.8) is 0 Å². The highest BCUT2D eigenvalue weighted by Crippen LogP contribution is 2.32. The summed E-state index contributed by atoms with van der Waals surface area (Å²) in [5.41, 5.74) is 3.02. The van der Waals surface area contributed by atoms with Gasteiger partial charge in [0.05, 0.1) is 11.8 Å². The standard InChI is InChI=1S/C24H31NO6/c1-16(2)31-22(24(27)28)13-17-6-3-9-20(12-17)29-14-19(26)15-30-21-10-4-7-18-8-5-11-25-23(18)21/h3-4,6-7,9-10,12,16,19,22,25-26H,5,8,11,13-15H2,1-2H3,(H,27,28). The van der Waals surface area contributed by atoms with Crippen LogP contribution in [0.3, 0.4) is 0 Å². The fourth-order valence-corrected chi connectivity index (χ4v) is 3.52. The Morgan fingerprint density at radius 2 is 1.90 bits per heavy atom. The Labute approximate surface area is 183 Å². The van der Waals surface area contributed by atoms with Crippen LogP contribution in [-0.4, -0.2) is 54.3 Å². The molecule has 0 amide bonds. The van der Waals surface area contributed by atoms with Crippen molar-refractivity contribution in [3.05, 3.63) is 53.6 Å². The molecule has 3 N–H and O–H groups in total. The number of carboxylic acids is 1. The predicted octanol–water partition coefficient (Wildman–Crippen LogP) is 3.28. The number of carbonyl (C=O) groups is 1. The maximum absolute atomic E-state index is 11.4. The quantitative estimate of drug-likeness (QED) is 0.504. The lowest BCUT2D eigenvalue weighted by Gasteiger charge is -2.22. The molecule has 2 atom stereocenters. The van der Waals surface area contributed by atoms with Gasteiger partial charge in [-0.3, -0.25) is 0 Å². The van der Waals surface area contributed by atoms with Gasteiger partial charge in [-0.05, 0) is 56.0 Å². The molecule has 7 nitrogen and oxygen atoms in total. The molecule has 2 unspecified atom stereocenters. The Morgan fingerprint density at radius 3 is 2.68 bits per heavy atom. The van der Waals surface area contributed by atoms with Crippen molar-refractivity contribution in [1.29, 1.82) is 0 Å². The summed E-state index contributed by atoms with van der Waals surface area (Å²) < 4.78 is 17.0. The summed E-state index contributed by atoms with van der Waals surface area (Å²) in [6, 6.07) is 13.1. The van der Waals surface area contributed by atoms with Crippen LogP contribution in [0.15, 0.2) is 42.5 Å². The highest BCUT2D eigenvalue weighted by molar-refractivity contribution is 5.72. The van der Waals surface area contributed by atoms with E-state index < -0.39 is 18.2 Å². The molecule has 168 valence electrons. The van der Waals surface area contributed by atoms with E-state index >= 15 is 0 Å². The Kier molecular flexibility index (Phi) is 8.14. The molecule has 1 heterocycles. The highest BCUT2D eigenvalue weighted by atomic mass is 16.5. The Hall–Kier alpha value is -2.77. The van der Waals surface area contributed by atoms with E-state index in [1.165, 1.54) is 5.56 Å². The predicted molar refractivity (Wildman–Crippen MR) is 118 cm³/mol. The first kappa shape index (κ1) is 22.9. The van der Waals surface area contributed by atoms with Gasteiger partial charge in [0.15, 0.2) is 6.10 Å². The van der Waals surface area contributed by atoms with Gasteiger partial charge < -0.3 is 29.7 Å². The lowest BCUT2D eigenvalue weighted by atomic mass is 10.0. The third kappa shape index (κ3) is 6.87. The second kappa shape index (κ2) is 11.0. The maximum atomic E-state index is 11.4. The van der Waals surface area contributed by atoms with E-state index in [4.69, 9.17) is 14.2 Å². The van der Waals surface area contributed by atoms with Crippen molar-refractivity contribution in [2.45, 2.75) is 51.4 Å². The van der Waals surface area contributed by atoms with E-state index in [0.717, 1.165) is 36.4 Å². The van der Waals surface area contributed by atoms with Crippen LogP contribution in [0, 0.1) is 0 Å². The first-order valence-electron chi connectivity index (χ1n) is 10.7. The number of aliphatic hydroxyl groups is 1. The summed E-state index contributed by atoms with van der Waals surface area (Å²) >= 11 is 0. The van der Waals surface area contributed by atoms with E-state index in [0.29, 0.717) is 5.75 Å². The minimum atomic E-state index is -0.995. The van der Waals surface area contributed by atoms with Crippen LogP contribution in [0.2, 0.25) is 0 Å². The number of aryl methyl sites for hydroxylation is 1. The SMILES string of the molecule is CC(C)OC(Cc1cccc(OCC(O)COc2cccc3c2NCCC3)c1)C(=O)O. The van der Waals surface area contributed by atoms with E-state index in [9.17, 15) is 15.0 Å². The lowest BCUT2D eigenvalue weighted by molar-refractivity contribution is -0.153. The largest absolute Gasteiger partial charge is 0.491 e. The van der Waals surface area contributed by atoms with Gasteiger partial charge in [0, 0.05) is 13.0 Å². The van der Waals surface area contributed by atoms with Crippen molar-refractivity contribution in [1.82, 2.24) is 0 Å². The first-order chi connectivity index (χ1) is 14.9. The molecule has 0 aliphatic carbocycles. The fourth-order valence-electron chi connectivity index (χ4n) is 3.52. The zero-order chi connectivity index (χ0) is 22.2. The lowest BCUT2D eigenvalue weighted by Crippen LogP contribution is -2.29. The first-order valence-corrected chi connectivity index (χ1v) is 10.7. The Bertz CT molecular complexity index is 869. The number of aliphatic hydroxyl groups excluding tert-OH is 1. The number of rotatable bonds is 11. The molecule has 2 aromatic carbocycles. The molecule has 1 aliphatic rings. The van der Waals surface area contributed by atoms with Gasteiger partial charge in [-0.1, -0.05) is 24.3 Å². The van der Waals surface area contributed by atoms with Gasteiger partial charge in [-0.15, -0.1) is 0 Å². The zero-order valence-electron chi connectivity index (χ0n) is 18.0. The number of hydrogen-bond donors (Lipinski definition) is 3. The molecule has 7 heteroatoms. The van der Waals surface area contributed by atoms with Crippen LogP contribution in [0.4, 0.5) is 5.69 Å². The average molecular weight is 430 g/mol. The van der Waals surface area contributed by atoms with Gasteiger partial charge in [-0.25, -0.2) is 4.79 Å². The summed E-state index contributed by atoms with van der Waals surface area (Å²) in [6.45, 7) is 4.71. The second-order valence-electron chi connectivity index (χ2n) is 7.96. The summed E-state index contributed by atoms with van der Waals surface area (Å²) in [4.78, 5) is 11.4. The minimum absolute atomic E-state index is 0.0662. The normalized spacial score (nSPS) is 15.0. The third-order valence-corrected chi connectivity index (χ3v) is 4.94. The van der Waals surface area contributed by atoms with Gasteiger partial charge in [0.1, 0.15) is 30.8 Å². The van der Waals surface area contributed by atoms with E-state index in [1.807, 2.05) is 18.2 Å². The number of fused-ring (bicyclic) bond motifs is 1. The Morgan fingerprint density at radius 1 is 1.13 bits per heavy atom. The van der Waals surface area contributed by atoms with Crippen LogP contribution in [-0.2, 0) is 22.4 Å².